The second-order valence-electron chi connectivity index (χ2n) is 7.43. The maximum atomic E-state index is 13.6. The molecule has 4 rings (SSSR count). The molecule has 2 aromatic heterocycles. The van der Waals surface area contributed by atoms with Crippen molar-refractivity contribution in [2.75, 3.05) is 0 Å². The molecule has 1 N–H and O–H groups in total. The minimum absolute atomic E-state index is 0.0462. The van der Waals surface area contributed by atoms with Gasteiger partial charge in [-0.1, -0.05) is 30.4 Å². The highest BCUT2D eigenvalue weighted by atomic mass is 32.2. The Balaban J connectivity index is 1.87. The number of aliphatic carboxylic acids is 1. The number of nitrogens with zero attached hydrogens (tertiary/aromatic N) is 1. The van der Waals surface area contributed by atoms with Crippen LogP contribution in [0.3, 0.4) is 0 Å². The Labute approximate surface area is 186 Å². The van der Waals surface area contributed by atoms with Crippen LogP contribution in [-0.4, -0.2) is 34.9 Å². The number of hydrogen-bond acceptors (Lipinski definition) is 4. The smallest absolute Gasteiger partial charge is 0.396 e. The monoisotopic (exact) mass is 481 g/mol. The number of aryl methyl sites for hydroxylation is 1. The molecule has 0 fully saturated rings. The lowest BCUT2D eigenvalue weighted by molar-refractivity contribution is -0.159. The summed E-state index contributed by atoms with van der Waals surface area (Å²) in [5.74, 6) is -3.23. The summed E-state index contributed by atoms with van der Waals surface area (Å²) in [6.07, 6.45) is 0.674. The van der Waals surface area contributed by atoms with Gasteiger partial charge in [-0.05, 0) is 52.1 Å². The molecule has 0 aliphatic heterocycles. The zero-order chi connectivity index (χ0) is 23.1. The number of fused-ring (bicyclic) bond motifs is 1. The normalized spacial score (nSPS) is 19.0. The Morgan fingerprint density at radius 2 is 1.88 bits per heavy atom. The number of carbonyl (C=O) groups is 1. The van der Waals surface area contributed by atoms with Gasteiger partial charge in [0, 0.05) is 18.0 Å². The second kappa shape index (κ2) is 8.25. The summed E-state index contributed by atoms with van der Waals surface area (Å²) < 4.78 is 68.3. The molecule has 0 amide bonds. The molecule has 1 aliphatic carbocycles. The van der Waals surface area contributed by atoms with E-state index < -0.39 is 33.3 Å². The average molecular weight is 482 g/mol. The molecule has 1 aliphatic rings. The van der Waals surface area contributed by atoms with Gasteiger partial charge in [0.25, 0.3) is 0 Å². The minimum Gasteiger partial charge on any atom is -0.481 e. The number of carboxylic acids is 1. The van der Waals surface area contributed by atoms with Crippen LogP contribution in [0.1, 0.15) is 12.0 Å². The summed E-state index contributed by atoms with van der Waals surface area (Å²) in [6, 6.07) is 6.90. The van der Waals surface area contributed by atoms with E-state index in [1.165, 1.54) is 29.7 Å². The number of alkyl halides is 3. The van der Waals surface area contributed by atoms with Crippen molar-refractivity contribution in [1.82, 2.24) is 3.97 Å². The Morgan fingerprint density at radius 1 is 1.12 bits per heavy atom. The van der Waals surface area contributed by atoms with Gasteiger partial charge < -0.3 is 5.11 Å². The fourth-order valence-electron chi connectivity index (χ4n) is 3.82. The van der Waals surface area contributed by atoms with Crippen LogP contribution in [-0.2, 0) is 21.2 Å². The first-order valence-corrected chi connectivity index (χ1v) is 12.1. The van der Waals surface area contributed by atoms with E-state index in [-0.39, 0.29) is 18.4 Å². The lowest BCUT2D eigenvalue weighted by atomic mass is 10.00. The van der Waals surface area contributed by atoms with E-state index in [1.807, 2.05) is 16.8 Å². The zero-order valence-electron chi connectivity index (χ0n) is 16.5. The number of allylic oxidation sites excluding steroid dienone is 3. The van der Waals surface area contributed by atoms with Crippen molar-refractivity contribution in [3.05, 3.63) is 71.1 Å². The number of carboxylic acid groups (broad SMARTS) is 1. The fraction of sp³-hybridized carbons (Fsp3) is 0.227. The van der Waals surface area contributed by atoms with Crippen LogP contribution in [0.25, 0.3) is 22.0 Å². The third kappa shape index (κ3) is 4.12. The molecule has 168 valence electrons. The molecule has 1 aromatic carbocycles. The lowest BCUT2D eigenvalue weighted by Gasteiger charge is -2.26. The summed E-state index contributed by atoms with van der Waals surface area (Å²) in [5, 5.41) is 11.6. The van der Waals surface area contributed by atoms with Crippen LogP contribution < -0.4 is 0 Å². The largest absolute Gasteiger partial charge is 0.481 e. The van der Waals surface area contributed by atoms with Gasteiger partial charge in [-0.15, -0.1) is 0 Å². The van der Waals surface area contributed by atoms with Crippen molar-refractivity contribution in [3.63, 3.8) is 0 Å². The van der Waals surface area contributed by atoms with Crippen molar-refractivity contribution in [2.45, 2.75) is 24.3 Å². The van der Waals surface area contributed by atoms with Crippen LogP contribution in [0.5, 0.6) is 0 Å². The van der Waals surface area contributed by atoms with Crippen molar-refractivity contribution in [2.24, 2.45) is 5.92 Å². The van der Waals surface area contributed by atoms with Crippen LogP contribution >= 0.6 is 11.3 Å². The van der Waals surface area contributed by atoms with Gasteiger partial charge in [0.2, 0.25) is 10.0 Å². The molecule has 2 atom stereocenters. The first-order valence-electron chi connectivity index (χ1n) is 9.63. The molecule has 10 heteroatoms. The van der Waals surface area contributed by atoms with E-state index >= 15 is 0 Å². The summed E-state index contributed by atoms with van der Waals surface area (Å²) in [4.78, 5) is 11.1. The highest BCUT2D eigenvalue weighted by Gasteiger charge is 2.48. The van der Waals surface area contributed by atoms with Crippen molar-refractivity contribution in [1.29, 1.82) is 0 Å². The molecule has 2 heterocycles. The maximum Gasteiger partial charge on any atom is 0.396 e. The van der Waals surface area contributed by atoms with Crippen molar-refractivity contribution < 1.29 is 31.5 Å². The van der Waals surface area contributed by atoms with E-state index in [0.717, 1.165) is 27.3 Å². The molecule has 0 saturated heterocycles. The van der Waals surface area contributed by atoms with Gasteiger partial charge in [0.05, 0.1) is 11.4 Å². The van der Waals surface area contributed by atoms with Crippen LogP contribution in [0.4, 0.5) is 13.2 Å². The average Bonchev–Trinajstić information content (AvgIpc) is 3.39. The SMILES string of the molecule is O=C(O)CCc1cn(S(=O)(=O)C2C=CC=CC2C(F)(F)F)c2ccc(-c3ccsc3)cc12. The Kier molecular flexibility index (Phi) is 5.76. The number of rotatable bonds is 6. The van der Waals surface area contributed by atoms with E-state index in [2.05, 4.69) is 0 Å². The van der Waals surface area contributed by atoms with E-state index in [9.17, 15) is 26.4 Å². The van der Waals surface area contributed by atoms with Crippen molar-refractivity contribution in [3.8, 4) is 11.1 Å². The van der Waals surface area contributed by atoms with Crippen LogP contribution in [0.2, 0.25) is 0 Å². The number of halogens is 3. The van der Waals surface area contributed by atoms with E-state index in [0.29, 0.717) is 10.9 Å². The number of benzene rings is 1. The van der Waals surface area contributed by atoms with Gasteiger partial charge in [-0.3, -0.25) is 4.79 Å². The first kappa shape index (κ1) is 22.3. The minimum atomic E-state index is -4.74. The lowest BCUT2D eigenvalue weighted by Crippen LogP contribution is -2.40. The van der Waals surface area contributed by atoms with Crippen LogP contribution in [0.15, 0.2) is 65.5 Å². The molecule has 0 radical (unpaired) electrons. The zero-order valence-corrected chi connectivity index (χ0v) is 18.1. The molecule has 32 heavy (non-hydrogen) atoms. The van der Waals surface area contributed by atoms with Crippen molar-refractivity contribution >= 4 is 38.2 Å². The molecular formula is C22H18F3NO4S2. The Hall–Kier alpha value is -2.85. The molecule has 0 spiro atoms. The number of aromatic nitrogens is 1. The van der Waals surface area contributed by atoms with Crippen LogP contribution in [0, 0.1) is 5.92 Å². The topological polar surface area (TPSA) is 76.4 Å². The molecular weight excluding hydrogens is 463 g/mol. The third-order valence-electron chi connectivity index (χ3n) is 5.40. The van der Waals surface area contributed by atoms with Gasteiger partial charge in [-0.25, -0.2) is 12.4 Å². The summed E-state index contributed by atoms with van der Waals surface area (Å²) in [7, 11) is -4.49. The quantitative estimate of drug-likeness (QED) is 0.523. The maximum absolute atomic E-state index is 13.6. The standard InChI is InChI=1S/C22H18F3NO4S2/c23-22(24,25)18-3-1-2-4-20(18)32(29,30)26-12-15(6-8-21(27)28)17-11-14(5-7-19(17)26)16-9-10-31-13-16/h1-5,7,9-13,18,20H,6,8H2,(H,27,28). The predicted octanol–water partition coefficient (Wildman–Crippen LogP) is 5.24. The van der Waals surface area contributed by atoms with E-state index in [4.69, 9.17) is 5.11 Å². The Bertz CT molecular complexity index is 1320. The fourth-order valence-corrected chi connectivity index (χ4v) is 6.36. The molecule has 0 saturated carbocycles. The van der Waals surface area contributed by atoms with Gasteiger partial charge in [0.1, 0.15) is 5.25 Å². The highest BCUT2D eigenvalue weighted by Crippen LogP contribution is 2.38. The second-order valence-corrected chi connectivity index (χ2v) is 10.2. The Morgan fingerprint density at radius 3 is 2.53 bits per heavy atom. The summed E-state index contributed by atoms with van der Waals surface area (Å²) >= 11 is 1.49. The molecule has 2 unspecified atom stereocenters. The van der Waals surface area contributed by atoms with E-state index in [1.54, 1.807) is 18.2 Å². The molecule has 0 bridgehead atoms. The number of hydrogen-bond donors (Lipinski definition) is 1. The summed E-state index contributed by atoms with van der Waals surface area (Å²) in [5.41, 5.74) is 2.38. The molecule has 3 aromatic rings. The summed E-state index contributed by atoms with van der Waals surface area (Å²) in [6.45, 7) is 0. The predicted molar refractivity (Wildman–Crippen MR) is 117 cm³/mol. The number of thiophene rings is 1. The third-order valence-corrected chi connectivity index (χ3v) is 8.07. The van der Waals surface area contributed by atoms with Gasteiger partial charge in [-0.2, -0.15) is 24.5 Å². The van der Waals surface area contributed by atoms with Gasteiger partial charge in [0.15, 0.2) is 0 Å². The first-order chi connectivity index (χ1) is 15.1. The van der Waals surface area contributed by atoms with Gasteiger partial charge >= 0.3 is 12.1 Å². The molecule has 5 nitrogen and oxygen atoms in total. The highest BCUT2D eigenvalue weighted by molar-refractivity contribution is 7.90.